The fourth-order valence-electron chi connectivity index (χ4n) is 2.50. The quantitative estimate of drug-likeness (QED) is 0.705. The molecule has 0 saturated heterocycles. The highest BCUT2D eigenvalue weighted by molar-refractivity contribution is 7.15. The standard InChI is InChI=1S/C18H19N3O3S/c1-3-12-8-9-14(25-12)16-15(17(19)24-21-16)18(22)20-10-11-6-4-5-7-13(11)23-2/h4-9H,3,10,19H2,1-2H3,(H,20,22). The second-order valence-electron chi connectivity index (χ2n) is 5.38. The molecule has 0 aliphatic carbocycles. The molecular weight excluding hydrogens is 338 g/mol. The summed E-state index contributed by atoms with van der Waals surface area (Å²) < 4.78 is 10.4. The summed E-state index contributed by atoms with van der Waals surface area (Å²) in [5.74, 6) is 0.400. The molecule has 0 aliphatic heterocycles. The topological polar surface area (TPSA) is 90.4 Å². The van der Waals surface area contributed by atoms with E-state index in [0.29, 0.717) is 18.0 Å². The molecule has 2 heterocycles. The maximum Gasteiger partial charge on any atom is 0.259 e. The number of nitrogens with zero attached hydrogens (tertiary/aromatic N) is 1. The summed E-state index contributed by atoms with van der Waals surface area (Å²) in [5.41, 5.74) is 7.44. The molecular formula is C18H19N3O3S. The van der Waals surface area contributed by atoms with Crippen molar-refractivity contribution in [2.45, 2.75) is 19.9 Å². The van der Waals surface area contributed by atoms with E-state index in [1.807, 2.05) is 36.4 Å². The molecule has 0 radical (unpaired) electrons. The Bertz CT molecular complexity index is 885. The maximum atomic E-state index is 12.6. The second-order valence-corrected chi connectivity index (χ2v) is 6.55. The molecule has 3 rings (SSSR count). The van der Waals surface area contributed by atoms with Gasteiger partial charge < -0.3 is 20.3 Å². The highest BCUT2D eigenvalue weighted by Gasteiger charge is 2.23. The Morgan fingerprint density at radius 2 is 2.12 bits per heavy atom. The molecule has 1 aromatic carbocycles. The average Bonchev–Trinajstić information content (AvgIpc) is 3.26. The number of nitrogen functional groups attached to an aromatic ring is 1. The van der Waals surface area contributed by atoms with Gasteiger partial charge in [-0.3, -0.25) is 4.79 Å². The number of nitrogens with two attached hydrogens (primary N) is 1. The number of carbonyl (C=O) groups excluding carboxylic acids is 1. The molecule has 0 saturated carbocycles. The van der Waals surface area contributed by atoms with Gasteiger partial charge in [-0.25, -0.2) is 0 Å². The van der Waals surface area contributed by atoms with Gasteiger partial charge in [0.2, 0.25) is 5.88 Å². The first-order valence-electron chi connectivity index (χ1n) is 7.88. The van der Waals surface area contributed by atoms with Crippen molar-refractivity contribution < 1.29 is 14.1 Å². The molecule has 130 valence electrons. The molecule has 3 aromatic rings. The summed E-state index contributed by atoms with van der Waals surface area (Å²) in [7, 11) is 1.60. The SMILES string of the molecule is CCc1ccc(-c2noc(N)c2C(=O)NCc2ccccc2OC)s1. The summed E-state index contributed by atoms with van der Waals surface area (Å²) in [6.07, 6.45) is 0.924. The monoisotopic (exact) mass is 357 g/mol. The lowest BCUT2D eigenvalue weighted by Gasteiger charge is -2.09. The minimum absolute atomic E-state index is 0.0129. The summed E-state index contributed by atoms with van der Waals surface area (Å²) in [6.45, 7) is 2.39. The third-order valence-corrected chi connectivity index (χ3v) is 5.06. The number of nitrogens with one attached hydrogen (secondary N) is 1. The number of hydrogen-bond donors (Lipinski definition) is 2. The number of aromatic nitrogens is 1. The zero-order valence-electron chi connectivity index (χ0n) is 14.0. The van der Waals surface area contributed by atoms with Gasteiger partial charge in [0.1, 0.15) is 17.0 Å². The fourth-order valence-corrected chi connectivity index (χ4v) is 3.43. The van der Waals surface area contributed by atoms with E-state index in [2.05, 4.69) is 17.4 Å². The zero-order valence-corrected chi connectivity index (χ0v) is 14.9. The number of carbonyl (C=O) groups is 1. The van der Waals surface area contributed by atoms with Crippen molar-refractivity contribution in [3.8, 4) is 16.3 Å². The molecule has 2 aromatic heterocycles. The van der Waals surface area contributed by atoms with Crippen molar-refractivity contribution >= 4 is 23.1 Å². The van der Waals surface area contributed by atoms with Crippen LogP contribution in [0.5, 0.6) is 5.75 Å². The van der Waals surface area contributed by atoms with E-state index >= 15 is 0 Å². The van der Waals surface area contributed by atoms with Crippen LogP contribution < -0.4 is 15.8 Å². The van der Waals surface area contributed by atoms with Gasteiger partial charge in [-0.1, -0.05) is 30.3 Å². The van der Waals surface area contributed by atoms with Crippen molar-refractivity contribution in [3.63, 3.8) is 0 Å². The summed E-state index contributed by atoms with van der Waals surface area (Å²) in [6, 6.07) is 11.4. The van der Waals surface area contributed by atoms with Crippen LogP contribution in [0.3, 0.4) is 0 Å². The van der Waals surface area contributed by atoms with Gasteiger partial charge in [0.15, 0.2) is 0 Å². The Labute approximate surface area is 149 Å². The number of hydrogen-bond acceptors (Lipinski definition) is 6. The number of methoxy groups -OCH3 is 1. The maximum absolute atomic E-state index is 12.6. The van der Waals surface area contributed by atoms with E-state index in [9.17, 15) is 4.79 Å². The molecule has 1 amide bonds. The highest BCUT2D eigenvalue weighted by Crippen LogP contribution is 2.32. The average molecular weight is 357 g/mol. The number of aryl methyl sites for hydroxylation is 1. The van der Waals surface area contributed by atoms with Gasteiger partial charge in [0.05, 0.1) is 12.0 Å². The molecule has 7 heteroatoms. The Morgan fingerprint density at radius 3 is 2.84 bits per heavy atom. The number of ether oxygens (including phenoxy) is 1. The first kappa shape index (κ1) is 17.0. The smallest absolute Gasteiger partial charge is 0.259 e. The third-order valence-electron chi connectivity index (χ3n) is 3.82. The summed E-state index contributed by atoms with van der Waals surface area (Å²) in [4.78, 5) is 14.7. The molecule has 0 aliphatic rings. The van der Waals surface area contributed by atoms with Gasteiger partial charge in [-0.15, -0.1) is 11.3 Å². The van der Waals surface area contributed by atoms with Crippen LogP contribution >= 0.6 is 11.3 Å². The van der Waals surface area contributed by atoms with E-state index < -0.39 is 0 Å². The number of rotatable bonds is 6. The van der Waals surface area contributed by atoms with Crippen LogP contribution in [0.1, 0.15) is 27.7 Å². The van der Waals surface area contributed by atoms with E-state index in [0.717, 1.165) is 16.9 Å². The zero-order chi connectivity index (χ0) is 17.8. The Morgan fingerprint density at radius 1 is 1.32 bits per heavy atom. The Balaban J connectivity index is 1.82. The lowest BCUT2D eigenvalue weighted by Crippen LogP contribution is -2.24. The number of para-hydroxylation sites is 1. The molecule has 0 bridgehead atoms. The van der Waals surface area contributed by atoms with Gasteiger partial charge in [0.25, 0.3) is 5.91 Å². The molecule has 0 unspecified atom stereocenters. The van der Waals surface area contributed by atoms with Crippen molar-refractivity contribution in [1.29, 1.82) is 0 Å². The predicted molar refractivity (Wildman–Crippen MR) is 97.8 cm³/mol. The number of amides is 1. The van der Waals surface area contributed by atoms with Crippen LogP contribution in [-0.4, -0.2) is 18.2 Å². The molecule has 0 fully saturated rings. The van der Waals surface area contributed by atoms with Gasteiger partial charge in [0, 0.05) is 17.0 Å². The van der Waals surface area contributed by atoms with Gasteiger partial charge in [-0.2, -0.15) is 0 Å². The van der Waals surface area contributed by atoms with Gasteiger partial charge in [-0.05, 0) is 24.6 Å². The van der Waals surface area contributed by atoms with Crippen LogP contribution in [0.4, 0.5) is 5.88 Å². The number of thiophene rings is 1. The molecule has 6 nitrogen and oxygen atoms in total. The number of benzene rings is 1. The summed E-state index contributed by atoms with van der Waals surface area (Å²) >= 11 is 1.57. The normalized spacial score (nSPS) is 10.6. The van der Waals surface area contributed by atoms with E-state index in [1.54, 1.807) is 18.4 Å². The van der Waals surface area contributed by atoms with E-state index in [-0.39, 0.29) is 17.4 Å². The highest BCUT2D eigenvalue weighted by atomic mass is 32.1. The lowest BCUT2D eigenvalue weighted by molar-refractivity contribution is 0.0952. The second kappa shape index (κ2) is 7.40. The first-order valence-corrected chi connectivity index (χ1v) is 8.70. The van der Waals surface area contributed by atoms with Gasteiger partial charge >= 0.3 is 0 Å². The minimum atomic E-state index is -0.328. The first-order chi connectivity index (χ1) is 12.1. The van der Waals surface area contributed by atoms with Crippen molar-refractivity contribution in [2.24, 2.45) is 0 Å². The lowest BCUT2D eigenvalue weighted by atomic mass is 10.1. The summed E-state index contributed by atoms with van der Waals surface area (Å²) in [5, 5.41) is 6.82. The van der Waals surface area contributed by atoms with Crippen LogP contribution in [0.2, 0.25) is 0 Å². The van der Waals surface area contributed by atoms with Crippen LogP contribution in [-0.2, 0) is 13.0 Å². The van der Waals surface area contributed by atoms with Crippen molar-refractivity contribution in [1.82, 2.24) is 10.5 Å². The molecule has 0 atom stereocenters. The van der Waals surface area contributed by atoms with Crippen molar-refractivity contribution in [3.05, 3.63) is 52.4 Å². The Kier molecular flexibility index (Phi) is 5.04. The van der Waals surface area contributed by atoms with Crippen LogP contribution in [0, 0.1) is 0 Å². The van der Waals surface area contributed by atoms with Crippen LogP contribution in [0.25, 0.3) is 10.6 Å². The fraction of sp³-hybridized carbons (Fsp3) is 0.222. The molecule has 25 heavy (non-hydrogen) atoms. The third kappa shape index (κ3) is 3.51. The molecule has 0 spiro atoms. The van der Waals surface area contributed by atoms with Crippen LogP contribution in [0.15, 0.2) is 40.9 Å². The minimum Gasteiger partial charge on any atom is -0.496 e. The van der Waals surface area contributed by atoms with E-state index in [4.69, 9.17) is 15.0 Å². The predicted octanol–water partition coefficient (Wildman–Crippen LogP) is 3.49. The number of anilines is 1. The Hall–Kier alpha value is -2.80. The largest absolute Gasteiger partial charge is 0.496 e. The molecule has 3 N–H and O–H groups in total. The van der Waals surface area contributed by atoms with E-state index in [1.165, 1.54) is 4.88 Å². The van der Waals surface area contributed by atoms with Crippen molar-refractivity contribution in [2.75, 3.05) is 12.8 Å².